The number of pyridine rings is 1. The first-order chi connectivity index (χ1) is 21.2. The van der Waals surface area contributed by atoms with E-state index in [1.807, 2.05) is 67.9 Å². The summed E-state index contributed by atoms with van der Waals surface area (Å²) in [4.78, 5) is 40.1. The van der Waals surface area contributed by atoms with Crippen molar-refractivity contribution in [3.05, 3.63) is 107 Å². The van der Waals surface area contributed by atoms with Crippen LogP contribution >= 0.6 is 0 Å². The molecule has 44 heavy (non-hydrogen) atoms. The van der Waals surface area contributed by atoms with Gasteiger partial charge in [-0.3, -0.25) is 14.5 Å². The van der Waals surface area contributed by atoms with E-state index in [0.717, 1.165) is 33.4 Å². The van der Waals surface area contributed by atoms with Crippen molar-refractivity contribution in [1.82, 2.24) is 9.88 Å². The summed E-state index contributed by atoms with van der Waals surface area (Å²) in [6.07, 6.45) is 7.43. The van der Waals surface area contributed by atoms with Gasteiger partial charge in [0.05, 0.1) is 30.7 Å². The fraction of sp³-hybridized carbons (Fsp3) is 0.294. The Labute approximate surface area is 257 Å². The maximum absolute atomic E-state index is 13.2. The molecule has 1 unspecified atom stereocenters. The van der Waals surface area contributed by atoms with Crippen molar-refractivity contribution >= 4 is 34.8 Å². The van der Waals surface area contributed by atoms with Gasteiger partial charge >= 0.3 is 0 Å². The van der Waals surface area contributed by atoms with Crippen molar-refractivity contribution in [2.75, 3.05) is 48.5 Å². The number of amides is 2. The van der Waals surface area contributed by atoms with E-state index in [1.54, 1.807) is 23.4 Å². The number of benzene rings is 2. The fourth-order valence-electron chi connectivity index (χ4n) is 5.49. The van der Waals surface area contributed by atoms with Crippen LogP contribution in [0.1, 0.15) is 52.6 Å². The number of anilines is 3. The van der Waals surface area contributed by atoms with Gasteiger partial charge in [-0.1, -0.05) is 39.0 Å². The second-order valence-corrected chi connectivity index (χ2v) is 12.2. The highest BCUT2D eigenvalue weighted by atomic mass is 16.5. The molecule has 3 aromatic rings. The second-order valence-electron chi connectivity index (χ2n) is 12.2. The van der Waals surface area contributed by atoms with Gasteiger partial charge in [0.2, 0.25) is 0 Å². The summed E-state index contributed by atoms with van der Waals surface area (Å²) < 4.78 is 5.36. The van der Waals surface area contributed by atoms with Crippen molar-refractivity contribution in [2.24, 2.45) is 4.99 Å². The highest BCUT2D eigenvalue weighted by Gasteiger charge is 2.32. The van der Waals surface area contributed by atoms with Gasteiger partial charge in [0, 0.05) is 36.7 Å². The maximum atomic E-state index is 13.2. The smallest absolute Gasteiger partial charge is 0.257 e. The molecule has 0 saturated carbocycles. The molecule has 3 aliphatic rings. The van der Waals surface area contributed by atoms with Gasteiger partial charge in [-0.2, -0.15) is 4.99 Å². The molecule has 1 atom stereocenters. The predicted octanol–water partition coefficient (Wildman–Crippen LogP) is 3.91. The van der Waals surface area contributed by atoms with Gasteiger partial charge in [-0.05, 0) is 59.9 Å². The summed E-state index contributed by atoms with van der Waals surface area (Å²) in [5.74, 6) is 1.28. The summed E-state index contributed by atoms with van der Waals surface area (Å²) in [5, 5.41) is 6.51. The first kappa shape index (κ1) is 29.3. The van der Waals surface area contributed by atoms with E-state index < -0.39 is 0 Å². The number of rotatable bonds is 6. The lowest BCUT2D eigenvalue weighted by Crippen LogP contribution is -3.12. The summed E-state index contributed by atoms with van der Waals surface area (Å²) >= 11 is 0. The Bertz CT molecular complexity index is 1650. The first-order valence-corrected chi connectivity index (χ1v) is 14.9. The molecule has 1 saturated heterocycles. The van der Waals surface area contributed by atoms with E-state index in [2.05, 4.69) is 46.3 Å². The van der Waals surface area contributed by atoms with Crippen LogP contribution in [0.15, 0.2) is 90.1 Å². The Morgan fingerprint density at radius 3 is 2.43 bits per heavy atom. The topological polar surface area (TPSA) is 104 Å². The number of amidine groups is 1. The number of morpholine rings is 1. The standard InChI is InChI=1S/C34H37N7O3/c1-23-27(38-32(42)24-8-11-26(12-9-24)34(2,3)4)6-5-7-29(23)41-21-28(31-35-14-15-40(31)22-41)37-30-13-10-25(20-36-30)33(43)39-16-18-44-19-17-39/h5-15,20-21H,16-19,22H2,1-4H3,(H,36,37)(H,38,42)/p+1. The van der Waals surface area contributed by atoms with Gasteiger partial charge < -0.3 is 20.3 Å². The molecular formula is C34H38N7O3+. The highest BCUT2D eigenvalue weighted by molar-refractivity contribution is 6.05. The van der Waals surface area contributed by atoms with Crippen LogP contribution in [-0.2, 0) is 10.2 Å². The minimum Gasteiger partial charge on any atom is -0.378 e. The largest absolute Gasteiger partial charge is 0.378 e. The summed E-state index contributed by atoms with van der Waals surface area (Å²) in [7, 11) is 0. The molecular weight excluding hydrogens is 554 g/mol. The minimum atomic E-state index is -0.147. The van der Waals surface area contributed by atoms with Crippen molar-refractivity contribution in [1.29, 1.82) is 0 Å². The summed E-state index contributed by atoms with van der Waals surface area (Å²) in [6, 6.07) is 17.3. The molecule has 0 bridgehead atoms. The van der Waals surface area contributed by atoms with Crippen molar-refractivity contribution in [2.45, 2.75) is 33.1 Å². The number of carbonyl (C=O) groups is 2. The normalized spacial score (nSPS) is 18.0. The first-order valence-electron chi connectivity index (χ1n) is 14.9. The van der Waals surface area contributed by atoms with Crippen LogP contribution in [-0.4, -0.2) is 60.5 Å². The monoisotopic (exact) mass is 592 g/mol. The number of hydrogen-bond acceptors (Lipinski definition) is 7. The van der Waals surface area contributed by atoms with Gasteiger partial charge in [-0.15, -0.1) is 0 Å². The van der Waals surface area contributed by atoms with Crippen LogP contribution < -0.4 is 20.4 Å². The Morgan fingerprint density at radius 2 is 1.73 bits per heavy atom. The van der Waals surface area contributed by atoms with Crippen molar-refractivity contribution in [3.8, 4) is 0 Å². The molecule has 0 aliphatic carbocycles. The molecule has 1 fully saturated rings. The molecule has 10 heteroatoms. The Morgan fingerprint density at radius 1 is 0.977 bits per heavy atom. The van der Waals surface area contributed by atoms with Crippen LogP contribution in [0.3, 0.4) is 0 Å². The number of fused-ring (bicyclic) bond motifs is 1. The van der Waals surface area contributed by atoms with Crippen LogP contribution in [0.4, 0.5) is 17.2 Å². The lowest BCUT2D eigenvalue weighted by atomic mass is 9.86. The average Bonchev–Trinajstić information content (AvgIpc) is 3.51. The molecule has 4 heterocycles. The number of nitrogens with one attached hydrogen (secondary N) is 3. The molecule has 0 radical (unpaired) electrons. The van der Waals surface area contributed by atoms with Crippen molar-refractivity contribution in [3.63, 3.8) is 0 Å². The lowest BCUT2D eigenvalue weighted by Gasteiger charge is -2.31. The molecule has 10 nitrogen and oxygen atoms in total. The Balaban J connectivity index is 1.20. The quantitative estimate of drug-likeness (QED) is 0.401. The molecule has 226 valence electrons. The summed E-state index contributed by atoms with van der Waals surface area (Å²) in [5.41, 5.74) is 5.84. The predicted molar refractivity (Wildman–Crippen MR) is 172 cm³/mol. The molecule has 6 rings (SSSR count). The molecule has 0 spiro atoms. The highest BCUT2D eigenvalue weighted by Crippen LogP contribution is 2.29. The molecule has 3 aliphatic heterocycles. The zero-order valence-electron chi connectivity index (χ0n) is 25.6. The van der Waals surface area contributed by atoms with Crippen LogP contribution in [0.25, 0.3) is 0 Å². The second kappa shape index (κ2) is 12.1. The molecule has 2 aromatic carbocycles. The third kappa shape index (κ3) is 6.13. The summed E-state index contributed by atoms with van der Waals surface area (Å²) in [6.45, 7) is 11.4. The van der Waals surface area contributed by atoms with Gasteiger partial charge in [0.25, 0.3) is 17.6 Å². The Hall–Kier alpha value is -4.80. The van der Waals surface area contributed by atoms with Crippen LogP contribution in [0.5, 0.6) is 0 Å². The van der Waals surface area contributed by atoms with E-state index in [9.17, 15) is 9.59 Å². The van der Waals surface area contributed by atoms with E-state index in [-0.39, 0.29) is 17.2 Å². The number of hydrogen-bond donors (Lipinski definition) is 3. The maximum Gasteiger partial charge on any atom is 0.257 e. The van der Waals surface area contributed by atoms with E-state index in [4.69, 9.17) is 4.74 Å². The van der Waals surface area contributed by atoms with Gasteiger partial charge in [0.1, 0.15) is 17.7 Å². The van der Waals surface area contributed by atoms with Crippen LogP contribution in [0.2, 0.25) is 0 Å². The van der Waals surface area contributed by atoms with Crippen molar-refractivity contribution < 1.29 is 19.2 Å². The molecule has 3 N–H and O–H groups in total. The molecule has 2 amide bonds. The van der Waals surface area contributed by atoms with Gasteiger partial charge in [-0.25, -0.2) is 9.88 Å². The SMILES string of the molecule is Cc1c(NC(=O)c2ccc(C(C)(C)C)cc2)cccc1N1C=C(Nc2ccc(C(=O)N3CCOCC3)cn2)C2=NC=C[NH+]2C1. The average molecular weight is 593 g/mol. The van der Waals surface area contributed by atoms with Crippen LogP contribution in [0, 0.1) is 6.92 Å². The number of quaternary nitrogens is 1. The number of aliphatic imine (C=N–C) groups is 1. The zero-order chi connectivity index (χ0) is 30.8. The molecule has 1 aromatic heterocycles. The third-order valence-electron chi connectivity index (χ3n) is 8.11. The number of aromatic nitrogens is 1. The number of ether oxygens (including phenoxy) is 1. The number of nitrogens with zero attached hydrogens (tertiary/aromatic N) is 4. The fourth-order valence-corrected chi connectivity index (χ4v) is 5.49. The van der Waals surface area contributed by atoms with E-state index in [1.165, 1.54) is 5.56 Å². The lowest BCUT2D eigenvalue weighted by molar-refractivity contribution is -0.743. The van der Waals surface area contributed by atoms with E-state index >= 15 is 0 Å². The minimum absolute atomic E-state index is 0.0221. The van der Waals surface area contributed by atoms with E-state index in [0.29, 0.717) is 49.9 Å². The zero-order valence-corrected chi connectivity index (χ0v) is 25.6. The third-order valence-corrected chi connectivity index (χ3v) is 8.11. The van der Waals surface area contributed by atoms with Gasteiger partial charge in [0.15, 0.2) is 6.67 Å². The number of carbonyl (C=O) groups excluding carboxylic acids is 2. The Kier molecular flexibility index (Phi) is 8.03.